The van der Waals surface area contributed by atoms with Gasteiger partial charge >= 0.3 is 5.97 Å². The van der Waals surface area contributed by atoms with E-state index in [0.717, 1.165) is 4.90 Å². The van der Waals surface area contributed by atoms with Gasteiger partial charge in [0, 0.05) is 4.90 Å². The number of halogens is 1. The molecule has 0 saturated carbocycles. The Bertz CT molecular complexity index is 602. The van der Waals surface area contributed by atoms with Gasteiger partial charge in [-0.05, 0) is 19.1 Å². The van der Waals surface area contributed by atoms with Gasteiger partial charge in [-0.25, -0.2) is 14.8 Å². The average Bonchev–Trinajstić information content (AvgIpc) is 2.39. The molecular weight excluding hydrogens is 284 g/mol. The van der Waals surface area contributed by atoms with E-state index >= 15 is 0 Å². The van der Waals surface area contributed by atoms with Crippen LogP contribution < -0.4 is 0 Å². The molecule has 0 aliphatic heterocycles. The lowest BCUT2D eigenvalue weighted by Gasteiger charge is -2.03. The van der Waals surface area contributed by atoms with Crippen molar-refractivity contribution in [3.05, 3.63) is 52.6 Å². The maximum Gasteiger partial charge on any atom is 0.356 e. The predicted octanol–water partition coefficient (Wildman–Crippen LogP) is 3.43. The minimum Gasteiger partial charge on any atom is -0.476 e. The summed E-state index contributed by atoms with van der Waals surface area (Å²) < 4.78 is 0. The molecule has 1 aromatic carbocycles. The molecule has 1 aromatic heterocycles. The number of aromatic nitrogens is 2. The second-order valence-electron chi connectivity index (χ2n) is 3.89. The molecule has 0 radical (unpaired) electrons. The summed E-state index contributed by atoms with van der Waals surface area (Å²) in [7, 11) is 0. The third-order valence-corrected chi connectivity index (χ3v) is 3.67. The molecule has 4 nitrogen and oxygen atoms in total. The molecule has 0 amide bonds. The average molecular weight is 295 g/mol. The van der Waals surface area contributed by atoms with E-state index in [1.807, 2.05) is 31.2 Å². The van der Waals surface area contributed by atoms with Crippen LogP contribution in [-0.4, -0.2) is 21.0 Å². The Morgan fingerprint density at radius 1 is 1.37 bits per heavy atom. The monoisotopic (exact) mass is 294 g/mol. The molecule has 6 heteroatoms. The van der Waals surface area contributed by atoms with Gasteiger partial charge in [-0.2, -0.15) is 0 Å². The molecule has 0 atom stereocenters. The normalized spacial score (nSPS) is 10.4. The van der Waals surface area contributed by atoms with Gasteiger partial charge in [0.25, 0.3) is 0 Å². The minimum atomic E-state index is -1.14. The Kier molecular flexibility index (Phi) is 4.39. The van der Waals surface area contributed by atoms with E-state index in [2.05, 4.69) is 9.97 Å². The van der Waals surface area contributed by atoms with Crippen LogP contribution in [0.4, 0.5) is 0 Å². The van der Waals surface area contributed by atoms with Crippen LogP contribution in [0.1, 0.15) is 21.9 Å². The van der Waals surface area contributed by atoms with Gasteiger partial charge < -0.3 is 5.11 Å². The molecule has 0 aliphatic carbocycles. The third kappa shape index (κ3) is 3.68. The number of carbonyl (C=O) groups is 1. The van der Waals surface area contributed by atoms with Gasteiger partial charge in [0.05, 0.1) is 17.0 Å². The maximum atomic E-state index is 10.9. The Hall–Kier alpha value is -1.59. The summed E-state index contributed by atoms with van der Waals surface area (Å²) in [4.78, 5) is 20.0. The third-order valence-electron chi connectivity index (χ3n) is 2.39. The Morgan fingerprint density at radius 2 is 2.05 bits per heavy atom. The first-order valence-corrected chi connectivity index (χ1v) is 6.87. The maximum absolute atomic E-state index is 10.9. The fraction of sp³-hybridized carbons (Fsp3) is 0.154. The molecule has 2 rings (SSSR count). The molecule has 0 fully saturated rings. The SMILES string of the molecule is Cc1ccc(SCc2ncc(Cl)c(C(=O)O)n2)cc1. The van der Waals surface area contributed by atoms with Crippen molar-refractivity contribution < 1.29 is 9.90 Å². The van der Waals surface area contributed by atoms with E-state index in [1.165, 1.54) is 11.8 Å². The number of carboxylic acid groups (broad SMARTS) is 1. The highest BCUT2D eigenvalue weighted by atomic mass is 35.5. The van der Waals surface area contributed by atoms with E-state index < -0.39 is 5.97 Å². The summed E-state index contributed by atoms with van der Waals surface area (Å²) in [6.07, 6.45) is 1.32. The highest BCUT2D eigenvalue weighted by molar-refractivity contribution is 7.98. The number of thioether (sulfide) groups is 1. The second-order valence-corrected chi connectivity index (χ2v) is 5.35. The van der Waals surface area contributed by atoms with Crippen LogP contribution >= 0.6 is 23.4 Å². The Labute approximate surface area is 119 Å². The molecule has 2 aromatic rings. The second kappa shape index (κ2) is 6.04. The zero-order chi connectivity index (χ0) is 13.8. The van der Waals surface area contributed by atoms with E-state index in [1.54, 1.807) is 11.8 Å². The van der Waals surface area contributed by atoms with Crippen molar-refractivity contribution in [2.75, 3.05) is 0 Å². The van der Waals surface area contributed by atoms with Crippen molar-refractivity contribution in [2.45, 2.75) is 17.6 Å². The summed E-state index contributed by atoms with van der Waals surface area (Å²) in [5.41, 5.74) is 1.04. The van der Waals surface area contributed by atoms with Crippen LogP contribution in [0, 0.1) is 6.92 Å². The van der Waals surface area contributed by atoms with Crippen molar-refractivity contribution in [3.8, 4) is 0 Å². The van der Waals surface area contributed by atoms with E-state index in [4.69, 9.17) is 16.7 Å². The van der Waals surface area contributed by atoms with Gasteiger partial charge in [-0.15, -0.1) is 11.8 Å². The van der Waals surface area contributed by atoms with Crippen LogP contribution in [0.15, 0.2) is 35.4 Å². The van der Waals surface area contributed by atoms with Gasteiger partial charge in [0.2, 0.25) is 0 Å². The highest BCUT2D eigenvalue weighted by Crippen LogP contribution is 2.22. The largest absolute Gasteiger partial charge is 0.476 e. The van der Waals surface area contributed by atoms with Crippen molar-refractivity contribution in [1.29, 1.82) is 0 Å². The first-order valence-electron chi connectivity index (χ1n) is 5.50. The van der Waals surface area contributed by atoms with Crippen LogP contribution in [-0.2, 0) is 5.75 Å². The number of hydrogen-bond donors (Lipinski definition) is 1. The highest BCUT2D eigenvalue weighted by Gasteiger charge is 2.12. The Balaban J connectivity index is 2.09. The van der Waals surface area contributed by atoms with Crippen molar-refractivity contribution in [3.63, 3.8) is 0 Å². The topological polar surface area (TPSA) is 63.1 Å². The molecule has 0 saturated heterocycles. The lowest BCUT2D eigenvalue weighted by molar-refractivity contribution is 0.0690. The summed E-state index contributed by atoms with van der Waals surface area (Å²) in [6.45, 7) is 2.02. The number of rotatable bonds is 4. The van der Waals surface area contributed by atoms with Crippen molar-refractivity contribution in [2.24, 2.45) is 0 Å². The number of nitrogens with zero attached hydrogens (tertiary/aromatic N) is 2. The molecule has 0 bridgehead atoms. The molecule has 1 N–H and O–H groups in total. The minimum absolute atomic E-state index is 0.0524. The first kappa shape index (κ1) is 13.8. The molecule has 0 unspecified atom stereocenters. The number of aryl methyl sites for hydroxylation is 1. The number of aromatic carboxylic acids is 1. The predicted molar refractivity (Wildman–Crippen MR) is 74.7 cm³/mol. The molecule has 98 valence electrons. The summed E-state index contributed by atoms with van der Waals surface area (Å²) in [5.74, 6) is -0.193. The van der Waals surface area contributed by atoms with Crippen molar-refractivity contribution in [1.82, 2.24) is 9.97 Å². The smallest absolute Gasteiger partial charge is 0.356 e. The van der Waals surface area contributed by atoms with Crippen LogP contribution in [0.3, 0.4) is 0 Å². The van der Waals surface area contributed by atoms with Gasteiger partial charge in [0.1, 0.15) is 5.82 Å². The first-order chi connectivity index (χ1) is 9.06. The van der Waals surface area contributed by atoms with Gasteiger partial charge in [-0.3, -0.25) is 0 Å². The number of benzene rings is 1. The molecule has 1 heterocycles. The lowest BCUT2D eigenvalue weighted by atomic mass is 10.2. The molecular formula is C13H11ClN2O2S. The van der Waals surface area contributed by atoms with Crippen LogP contribution in [0.25, 0.3) is 0 Å². The summed E-state index contributed by atoms with van der Waals surface area (Å²) in [5, 5.41) is 8.98. The quantitative estimate of drug-likeness (QED) is 0.875. The van der Waals surface area contributed by atoms with E-state index in [9.17, 15) is 4.79 Å². The standard InChI is InChI=1S/C13H11ClN2O2S/c1-8-2-4-9(5-3-8)19-7-11-15-6-10(14)12(16-11)13(17)18/h2-6H,7H2,1H3,(H,17,18). The molecule has 0 aliphatic rings. The van der Waals surface area contributed by atoms with E-state index in [-0.39, 0.29) is 10.7 Å². The Morgan fingerprint density at radius 3 is 2.68 bits per heavy atom. The molecule has 0 spiro atoms. The summed E-state index contributed by atoms with van der Waals surface area (Å²) >= 11 is 7.26. The summed E-state index contributed by atoms with van der Waals surface area (Å²) in [6, 6.07) is 8.06. The fourth-order valence-electron chi connectivity index (χ4n) is 1.41. The van der Waals surface area contributed by atoms with E-state index in [0.29, 0.717) is 11.6 Å². The van der Waals surface area contributed by atoms with Crippen LogP contribution in [0.2, 0.25) is 5.02 Å². The lowest BCUT2D eigenvalue weighted by Crippen LogP contribution is -2.05. The van der Waals surface area contributed by atoms with Gasteiger partial charge in [0.15, 0.2) is 5.69 Å². The zero-order valence-corrected chi connectivity index (χ0v) is 11.7. The number of carboxylic acids is 1. The molecule has 19 heavy (non-hydrogen) atoms. The zero-order valence-electron chi connectivity index (χ0n) is 10.1. The van der Waals surface area contributed by atoms with Crippen LogP contribution in [0.5, 0.6) is 0 Å². The van der Waals surface area contributed by atoms with Gasteiger partial charge in [-0.1, -0.05) is 29.3 Å². The fourth-order valence-corrected chi connectivity index (χ4v) is 2.34. The number of hydrogen-bond acceptors (Lipinski definition) is 4. The van der Waals surface area contributed by atoms with Crippen molar-refractivity contribution >= 4 is 29.3 Å².